The lowest BCUT2D eigenvalue weighted by Gasteiger charge is -2.10. The lowest BCUT2D eigenvalue weighted by atomic mass is 10.0. The Bertz CT molecular complexity index is 3880. The first-order chi connectivity index (χ1) is 30.2. The Balaban J connectivity index is 1.01. The Kier molecular flexibility index (Phi) is 7.17. The van der Waals surface area contributed by atoms with Crippen LogP contribution in [0, 0.1) is 0 Å². The van der Waals surface area contributed by atoms with Crippen molar-refractivity contribution in [1.82, 2.24) is 24.5 Å². The number of rotatable bonds is 5. The number of benzene rings is 9. The number of aromatic nitrogens is 5. The van der Waals surface area contributed by atoms with Crippen molar-refractivity contribution in [1.29, 1.82) is 0 Å². The molecule has 0 radical (unpaired) electrons. The minimum absolute atomic E-state index is 0.573. The van der Waals surface area contributed by atoms with Gasteiger partial charge >= 0.3 is 0 Å². The van der Waals surface area contributed by atoms with Crippen LogP contribution in [0.25, 0.3) is 128 Å². The average Bonchev–Trinajstić information content (AvgIpc) is 4.03. The molecule has 0 unspecified atom stereocenters. The number of furan rings is 1. The third-order valence-corrected chi connectivity index (χ3v) is 11.9. The van der Waals surface area contributed by atoms with Crippen molar-refractivity contribution in [3.8, 4) is 51.3 Å². The van der Waals surface area contributed by atoms with Gasteiger partial charge in [0.1, 0.15) is 16.7 Å². The van der Waals surface area contributed by atoms with E-state index in [4.69, 9.17) is 28.8 Å². The molecular formula is C54H31N5O2. The number of hydrogen-bond donors (Lipinski definition) is 0. The van der Waals surface area contributed by atoms with E-state index in [0.29, 0.717) is 28.9 Å². The van der Waals surface area contributed by atoms with Gasteiger partial charge in [-0.05, 0) is 88.3 Å². The van der Waals surface area contributed by atoms with Crippen LogP contribution in [0.4, 0.5) is 0 Å². The summed E-state index contributed by atoms with van der Waals surface area (Å²) >= 11 is 0. The molecule has 0 spiro atoms. The Morgan fingerprint density at radius 2 is 0.984 bits per heavy atom. The highest BCUT2D eigenvalue weighted by Crippen LogP contribution is 2.42. The zero-order chi connectivity index (χ0) is 40.0. The van der Waals surface area contributed by atoms with Crippen LogP contribution in [-0.4, -0.2) is 24.5 Å². The summed E-state index contributed by atoms with van der Waals surface area (Å²) in [6.45, 7) is 0. The second-order valence-electron chi connectivity index (χ2n) is 15.4. The summed E-state index contributed by atoms with van der Waals surface area (Å²) in [7, 11) is 0. The number of para-hydroxylation sites is 2. The molecule has 61 heavy (non-hydrogen) atoms. The van der Waals surface area contributed by atoms with E-state index in [-0.39, 0.29) is 0 Å². The maximum Gasteiger partial charge on any atom is 0.227 e. The van der Waals surface area contributed by atoms with Gasteiger partial charge in [0, 0.05) is 44.1 Å². The fourth-order valence-electron chi connectivity index (χ4n) is 9.04. The Hall–Kier alpha value is -8.42. The van der Waals surface area contributed by atoms with Gasteiger partial charge in [0.2, 0.25) is 5.89 Å². The van der Waals surface area contributed by atoms with Crippen LogP contribution in [0.3, 0.4) is 0 Å². The summed E-state index contributed by atoms with van der Waals surface area (Å²) in [5, 5.41) is 8.42. The van der Waals surface area contributed by atoms with Crippen molar-refractivity contribution in [3.63, 3.8) is 0 Å². The van der Waals surface area contributed by atoms with Gasteiger partial charge in [-0.25, -0.2) is 19.9 Å². The van der Waals surface area contributed by atoms with Crippen LogP contribution in [0.15, 0.2) is 197 Å². The zero-order valence-electron chi connectivity index (χ0n) is 32.5. The minimum Gasteiger partial charge on any atom is -0.456 e. The molecule has 13 aromatic rings. The molecule has 7 heteroatoms. The highest BCUT2D eigenvalue weighted by molar-refractivity contribution is 6.25. The topological polar surface area (TPSA) is 82.8 Å². The predicted octanol–water partition coefficient (Wildman–Crippen LogP) is 14.0. The number of nitrogens with zero attached hydrogens (tertiary/aromatic N) is 5. The zero-order valence-corrected chi connectivity index (χ0v) is 32.5. The fraction of sp³-hybridized carbons (Fsp3) is 0. The molecule has 13 rings (SSSR count). The van der Waals surface area contributed by atoms with Crippen LogP contribution in [0.1, 0.15) is 0 Å². The van der Waals surface area contributed by atoms with Crippen molar-refractivity contribution < 1.29 is 8.83 Å². The molecule has 284 valence electrons. The van der Waals surface area contributed by atoms with E-state index >= 15 is 0 Å². The summed E-state index contributed by atoms with van der Waals surface area (Å²) in [6, 6.07) is 64.6. The Morgan fingerprint density at radius 1 is 0.377 bits per heavy atom. The van der Waals surface area contributed by atoms with Crippen molar-refractivity contribution in [2.24, 2.45) is 0 Å². The van der Waals surface area contributed by atoms with E-state index in [1.807, 2.05) is 72.8 Å². The van der Waals surface area contributed by atoms with Gasteiger partial charge in [0.25, 0.3) is 0 Å². The smallest absolute Gasteiger partial charge is 0.227 e. The lowest BCUT2D eigenvalue weighted by molar-refractivity contribution is 0.623. The molecule has 0 saturated carbocycles. The van der Waals surface area contributed by atoms with Crippen molar-refractivity contribution in [3.05, 3.63) is 188 Å². The largest absolute Gasteiger partial charge is 0.456 e. The molecular weight excluding hydrogens is 751 g/mol. The van der Waals surface area contributed by atoms with Crippen molar-refractivity contribution in [2.45, 2.75) is 0 Å². The summed E-state index contributed by atoms with van der Waals surface area (Å²) in [6.07, 6.45) is 0. The van der Waals surface area contributed by atoms with Gasteiger partial charge in [0.05, 0.1) is 16.4 Å². The van der Waals surface area contributed by atoms with E-state index < -0.39 is 0 Å². The third kappa shape index (κ3) is 5.24. The second kappa shape index (κ2) is 13.0. The Morgan fingerprint density at radius 3 is 1.82 bits per heavy atom. The molecule has 9 aromatic carbocycles. The molecule has 4 aromatic heterocycles. The molecule has 0 aliphatic carbocycles. The maximum atomic E-state index is 6.71. The molecule has 0 aliphatic heterocycles. The molecule has 0 aliphatic rings. The number of hydrogen-bond acceptors (Lipinski definition) is 6. The molecule has 0 saturated heterocycles. The number of oxazole rings is 1. The monoisotopic (exact) mass is 781 g/mol. The Labute approximate surface area is 347 Å². The van der Waals surface area contributed by atoms with Gasteiger partial charge < -0.3 is 13.4 Å². The highest BCUT2D eigenvalue weighted by Gasteiger charge is 2.21. The SMILES string of the molecule is c1ccc(-c2nc(-c3ccc4ccc5oc6ccc7nc(-c8cccc9ccccc89)oc7c6c5c4c3)nc(-c3ccc4c(c3)c3ccccc3n4-c3ccccc3)n2)cc1. The second-order valence-corrected chi connectivity index (χ2v) is 15.4. The van der Waals surface area contributed by atoms with Crippen LogP contribution in [0.5, 0.6) is 0 Å². The summed E-state index contributed by atoms with van der Waals surface area (Å²) in [4.78, 5) is 20.5. The molecule has 0 atom stereocenters. The molecule has 0 amide bonds. The fourth-order valence-corrected chi connectivity index (χ4v) is 9.04. The molecule has 7 nitrogen and oxygen atoms in total. The first-order valence-corrected chi connectivity index (χ1v) is 20.3. The summed E-state index contributed by atoms with van der Waals surface area (Å²) in [5.41, 5.74) is 9.95. The molecule has 4 heterocycles. The van der Waals surface area contributed by atoms with E-state index in [0.717, 1.165) is 98.7 Å². The first kappa shape index (κ1) is 33.5. The van der Waals surface area contributed by atoms with Gasteiger partial charge in [-0.1, -0.05) is 121 Å². The van der Waals surface area contributed by atoms with E-state index in [2.05, 4.69) is 120 Å². The third-order valence-electron chi connectivity index (χ3n) is 11.9. The van der Waals surface area contributed by atoms with E-state index in [1.165, 1.54) is 0 Å². The average molecular weight is 782 g/mol. The van der Waals surface area contributed by atoms with Gasteiger partial charge in [-0.15, -0.1) is 0 Å². The summed E-state index contributed by atoms with van der Waals surface area (Å²) < 4.78 is 15.5. The minimum atomic E-state index is 0.573. The molecule has 0 bridgehead atoms. The van der Waals surface area contributed by atoms with Crippen LogP contribution in [0.2, 0.25) is 0 Å². The van der Waals surface area contributed by atoms with Crippen LogP contribution in [-0.2, 0) is 0 Å². The van der Waals surface area contributed by atoms with E-state index in [9.17, 15) is 0 Å². The highest BCUT2D eigenvalue weighted by atomic mass is 16.4. The molecule has 0 N–H and O–H groups in total. The van der Waals surface area contributed by atoms with Gasteiger partial charge in [-0.2, -0.15) is 0 Å². The van der Waals surface area contributed by atoms with Crippen LogP contribution < -0.4 is 0 Å². The van der Waals surface area contributed by atoms with Gasteiger partial charge in [-0.3, -0.25) is 0 Å². The predicted molar refractivity (Wildman–Crippen MR) is 246 cm³/mol. The van der Waals surface area contributed by atoms with Crippen LogP contribution >= 0.6 is 0 Å². The summed E-state index contributed by atoms with van der Waals surface area (Å²) in [5.74, 6) is 2.34. The number of fused-ring (bicyclic) bond motifs is 11. The quantitative estimate of drug-likeness (QED) is 0.173. The van der Waals surface area contributed by atoms with Crippen molar-refractivity contribution >= 4 is 76.4 Å². The molecule has 0 fully saturated rings. The van der Waals surface area contributed by atoms with Crippen molar-refractivity contribution in [2.75, 3.05) is 0 Å². The first-order valence-electron chi connectivity index (χ1n) is 20.3. The normalized spacial score (nSPS) is 11.9. The van der Waals surface area contributed by atoms with Gasteiger partial charge in [0.15, 0.2) is 23.1 Å². The van der Waals surface area contributed by atoms with E-state index in [1.54, 1.807) is 0 Å². The maximum absolute atomic E-state index is 6.71. The standard InChI is InChI=1S/C54H31N5O2/c1-3-13-34(14-4-1)51-56-52(58-53(57-51)36-24-27-45-42(31-36)39-19-9-10-21-44(39)59(45)37-16-5-2-6-17-37)35-23-22-33-25-28-46-48(41(33)30-35)49-47(60-46)29-26-43-50(49)61-54(55-43)40-20-11-15-32-12-7-8-18-38(32)40/h1-31H. The lowest BCUT2D eigenvalue weighted by Crippen LogP contribution is -2.00.